The van der Waals surface area contributed by atoms with Gasteiger partial charge in [0.2, 0.25) is 5.91 Å². The molecule has 0 heterocycles. The summed E-state index contributed by atoms with van der Waals surface area (Å²) in [6.07, 6.45) is -3.85. The monoisotopic (exact) mass is 274 g/mol. The molecule has 0 aromatic heterocycles. The van der Waals surface area contributed by atoms with E-state index in [9.17, 15) is 18.0 Å². The Morgan fingerprint density at radius 2 is 1.84 bits per heavy atom. The van der Waals surface area contributed by atoms with E-state index >= 15 is 0 Å². The molecule has 1 unspecified atom stereocenters. The molecule has 0 fully saturated rings. The molecule has 0 radical (unpaired) electrons. The molecule has 3 nitrogen and oxygen atoms in total. The SMILES string of the molecule is CC[C@@H](N)C(=O)NC(C)c1ccc(C(F)(F)F)cc1. The van der Waals surface area contributed by atoms with Crippen LogP contribution in [-0.2, 0) is 11.0 Å². The smallest absolute Gasteiger partial charge is 0.348 e. The molecular formula is C13H17F3N2O. The van der Waals surface area contributed by atoms with E-state index in [4.69, 9.17) is 5.73 Å². The first-order chi connectivity index (χ1) is 8.75. The van der Waals surface area contributed by atoms with Crippen molar-refractivity contribution in [2.24, 2.45) is 5.73 Å². The Kier molecular flexibility index (Phi) is 4.94. The van der Waals surface area contributed by atoms with Gasteiger partial charge in [-0.25, -0.2) is 0 Å². The van der Waals surface area contributed by atoms with Crippen molar-refractivity contribution < 1.29 is 18.0 Å². The number of halogens is 3. The van der Waals surface area contributed by atoms with Gasteiger partial charge in [-0.3, -0.25) is 4.79 Å². The molecule has 0 saturated carbocycles. The lowest BCUT2D eigenvalue weighted by molar-refractivity contribution is -0.137. The second-order valence-electron chi connectivity index (χ2n) is 4.36. The average Bonchev–Trinajstić information content (AvgIpc) is 2.36. The molecule has 0 aliphatic heterocycles. The molecule has 3 N–H and O–H groups in total. The summed E-state index contributed by atoms with van der Waals surface area (Å²) in [4.78, 5) is 11.6. The molecule has 106 valence electrons. The minimum absolute atomic E-state index is 0.310. The Morgan fingerprint density at radius 1 is 1.32 bits per heavy atom. The van der Waals surface area contributed by atoms with Crippen molar-refractivity contribution in [2.75, 3.05) is 0 Å². The maximum atomic E-state index is 12.4. The number of benzene rings is 1. The Hall–Kier alpha value is -1.56. The van der Waals surface area contributed by atoms with Crippen molar-refractivity contribution in [3.8, 4) is 0 Å². The Morgan fingerprint density at radius 3 is 2.26 bits per heavy atom. The molecule has 6 heteroatoms. The third kappa shape index (κ3) is 4.24. The number of nitrogens with one attached hydrogen (secondary N) is 1. The second kappa shape index (κ2) is 6.06. The van der Waals surface area contributed by atoms with Gasteiger partial charge in [0.05, 0.1) is 17.6 Å². The molecule has 2 atom stereocenters. The van der Waals surface area contributed by atoms with E-state index in [0.29, 0.717) is 12.0 Å². The fourth-order valence-corrected chi connectivity index (χ4v) is 1.55. The van der Waals surface area contributed by atoms with Crippen LogP contribution < -0.4 is 11.1 Å². The highest BCUT2D eigenvalue weighted by atomic mass is 19.4. The average molecular weight is 274 g/mol. The van der Waals surface area contributed by atoms with Gasteiger partial charge in [-0.05, 0) is 31.0 Å². The van der Waals surface area contributed by atoms with Gasteiger partial charge in [-0.1, -0.05) is 19.1 Å². The van der Waals surface area contributed by atoms with Gasteiger partial charge in [0.15, 0.2) is 0 Å². The Balaban J connectivity index is 2.73. The predicted molar refractivity (Wildman–Crippen MR) is 66.3 cm³/mol. The molecule has 0 bridgehead atoms. The van der Waals surface area contributed by atoms with E-state index < -0.39 is 17.8 Å². The first-order valence-corrected chi connectivity index (χ1v) is 5.98. The lowest BCUT2D eigenvalue weighted by Gasteiger charge is -2.17. The van der Waals surface area contributed by atoms with Gasteiger partial charge in [0.25, 0.3) is 0 Å². The Bertz CT molecular complexity index is 429. The number of hydrogen-bond donors (Lipinski definition) is 2. The van der Waals surface area contributed by atoms with Gasteiger partial charge in [-0.15, -0.1) is 0 Å². The highest BCUT2D eigenvalue weighted by Gasteiger charge is 2.30. The number of alkyl halides is 3. The lowest BCUT2D eigenvalue weighted by Crippen LogP contribution is -2.41. The molecule has 0 aliphatic carbocycles. The highest BCUT2D eigenvalue weighted by Crippen LogP contribution is 2.29. The lowest BCUT2D eigenvalue weighted by atomic mass is 10.1. The Labute approximate surface area is 110 Å². The second-order valence-corrected chi connectivity index (χ2v) is 4.36. The summed E-state index contributed by atoms with van der Waals surface area (Å²) in [5.74, 6) is -0.310. The van der Waals surface area contributed by atoms with E-state index in [1.807, 2.05) is 0 Å². The third-order valence-electron chi connectivity index (χ3n) is 2.87. The standard InChI is InChI=1S/C13H17F3N2O/c1-3-11(17)12(19)18-8(2)9-4-6-10(7-5-9)13(14,15)16/h4-8,11H,3,17H2,1-2H3,(H,18,19)/t8?,11-/m1/s1. The predicted octanol–water partition coefficient (Wildman–Crippen LogP) is 2.62. The highest BCUT2D eigenvalue weighted by molar-refractivity contribution is 5.81. The van der Waals surface area contributed by atoms with Crippen molar-refractivity contribution >= 4 is 5.91 Å². The van der Waals surface area contributed by atoms with E-state index in [0.717, 1.165) is 12.1 Å². The van der Waals surface area contributed by atoms with Crippen LogP contribution in [0, 0.1) is 0 Å². The molecule has 1 aromatic carbocycles. The normalized spacial score (nSPS) is 14.8. The number of amides is 1. The van der Waals surface area contributed by atoms with Crippen LogP contribution in [0.3, 0.4) is 0 Å². The first kappa shape index (κ1) is 15.5. The molecule has 1 rings (SSSR count). The number of carbonyl (C=O) groups is 1. The largest absolute Gasteiger partial charge is 0.416 e. The molecule has 0 saturated heterocycles. The van der Waals surface area contributed by atoms with E-state index in [2.05, 4.69) is 5.32 Å². The number of rotatable bonds is 4. The summed E-state index contributed by atoms with van der Waals surface area (Å²) in [5, 5.41) is 2.66. The molecule has 0 spiro atoms. The zero-order valence-corrected chi connectivity index (χ0v) is 10.8. The first-order valence-electron chi connectivity index (χ1n) is 5.98. The van der Waals surface area contributed by atoms with Crippen LogP contribution in [-0.4, -0.2) is 11.9 Å². The van der Waals surface area contributed by atoms with Crippen molar-refractivity contribution in [1.29, 1.82) is 0 Å². The summed E-state index contributed by atoms with van der Waals surface area (Å²) in [7, 11) is 0. The minimum Gasteiger partial charge on any atom is -0.348 e. The van der Waals surface area contributed by atoms with Gasteiger partial charge < -0.3 is 11.1 Å². The fraction of sp³-hybridized carbons (Fsp3) is 0.462. The summed E-state index contributed by atoms with van der Waals surface area (Å²) < 4.78 is 37.2. The van der Waals surface area contributed by atoms with Crippen molar-refractivity contribution in [2.45, 2.75) is 38.5 Å². The zero-order valence-electron chi connectivity index (χ0n) is 10.8. The summed E-state index contributed by atoms with van der Waals surface area (Å²) in [6.45, 7) is 3.48. The van der Waals surface area contributed by atoms with Crippen LogP contribution in [0.1, 0.15) is 37.4 Å². The van der Waals surface area contributed by atoms with Crippen LogP contribution in [0.2, 0.25) is 0 Å². The minimum atomic E-state index is -4.35. The van der Waals surface area contributed by atoms with Crippen molar-refractivity contribution in [3.63, 3.8) is 0 Å². The van der Waals surface area contributed by atoms with Crippen molar-refractivity contribution in [1.82, 2.24) is 5.32 Å². The van der Waals surface area contributed by atoms with Gasteiger partial charge in [0, 0.05) is 0 Å². The van der Waals surface area contributed by atoms with Crippen LogP contribution >= 0.6 is 0 Å². The summed E-state index contributed by atoms with van der Waals surface area (Å²) in [5.41, 5.74) is 5.46. The molecule has 1 amide bonds. The quantitative estimate of drug-likeness (QED) is 0.886. The van der Waals surface area contributed by atoms with Crippen LogP contribution in [0.25, 0.3) is 0 Å². The molecule has 0 aliphatic rings. The fourth-order valence-electron chi connectivity index (χ4n) is 1.55. The van der Waals surface area contributed by atoms with Crippen LogP contribution in [0.4, 0.5) is 13.2 Å². The number of hydrogen-bond acceptors (Lipinski definition) is 2. The number of carbonyl (C=O) groups excluding carboxylic acids is 1. The van der Waals surface area contributed by atoms with E-state index in [-0.39, 0.29) is 11.9 Å². The topological polar surface area (TPSA) is 55.1 Å². The van der Waals surface area contributed by atoms with Crippen LogP contribution in [0.5, 0.6) is 0 Å². The molecule has 1 aromatic rings. The summed E-state index contributed by atoms with van der Waals surface area (Å²) >= 11 is 0. The van der Waals surface area contributed by atoms with Gasteiger partial charge in [-0.2, -0.15) is 13.2 Å². The maximum Gasteiger partial charge on any atom is 0.416 e. The molecular weight excluding hydrogens is 257 g/mol. The van der Waals surface area contributed by atoms with E-state index in [1.165, 1.54) is 12.1 Å². The summed E-state index contributed by atoms with van der Waals surface area (Å²) in [6, 6.07) is 3.72. The molecule has 19 heavy (non-hydrogen) atoms. The van der Waals surface area contributed by atoms with Gasteiger partial charge in [0.1, 0.15) is 0 Å². The zero-order chi connectivity index (χ0) is 14.6. The van der Waals surface area contributed by atoms with Crippen LogP contribution in [0.15, 0.2) is 24.3 Å². The number of nitrogens with two attached hydrogens (primary N) is 1. The maximum absolute atomic E-state index is 12.4. The van der Waals surface area contributed by atoms with Crippen molar-refractivity contribution in [3.05, 3.63) is 35.4 Å². The van der Waals surface area contributed by atoms with E-state index in [1.54, 1.807) is 13.8 Å². The van der Waals surface area contributed by atoms with Gasteiger partial charge >= 0.3 is 6.18 Å². The third-order valence-corrected chi connectivity index (χ3v) is 2.87.